The summed E-state index contributed by atoms with van der Waals surface area (Å²) in [4.78, 5) is 31.7. The molecular formula is C20H16N7O2+. The molecule has 4 N–H and O–H groups in total. The van der Waals surface area contributed by atoms with Crippen LogP contribution in [0.1, 0.15) is 15.9 Å². The number of carbonyl (C=O) groups excluding carboxylic acids is 2. The topological polar surface area (TPSA) is 121 Å². The molecule has 5 rings (SSSR count). The summed E-state index contributed by atoms with van der Waals surface area (Å²) >= 11 is 0. The maximum absolute atomic E-state index is 11.6. The Balaban J connectivity index is 1.49. The van der Waals surface area contributed by atoms with E-state index in [9.17, 15) is 9.59 Å². The molecule has 9 heteroatoms. The zero-order valence-electron chi connectivity index (χ0n) is 15.2. The molecule has 0 fully saturated rings. The molecule has 0 saturated heterocycles. The minimum absolute atomic E-state index is 0.00411. The van der Waals surface area contributed by atoms with Gasteiger partial charge in [-0.25, -0.2) is 0 Å². The van der Waals surface area contributed by atoms with Crippen molar-refractivity contribution in [2.24, 2.45) is 20.8 Å². The lowest BCUT2D eigenvalue weighted by atomic mass is 10.1. The molecule has 0 aliphatic carbocycles. The van der Waals surface area contributed by atoms with E-state index in [1.807, 2.05) is 18.2 Å². The lowest BCUT2D eigenvalue weighted by molar-refractivity contribution is -0.115. The summed E-state index contributed by atoms with van der Waals surface area (Å²) in [5.41, 5.74) is 9.08. The molecule has 2 aromatic rings. The van der Waals surface area contributed by atoms with Gasteiger partial charge in [-0.3, -0.25) is 14.6 Å². The second-order valence-electron chi connectivity index (χ2n) is 6.79. The molecule has 3 aliphatic heterocycles. The number of rotatable bonds is 3. The number of amides is 2. The van der Waals surface area contributed by atoms with Crippen LogP contribution in [0.2, 0.25) is 0 Å². The minimum atomic E-state index is -0.488. The molecule has 2 amide bonds. The van der Waals surface area contributed by atoms with Gasteiger partial charge in [-0.05, 0) is 41.0 Å². The smallest absolute Gasteiger partial charge is 0.287 e. The predicted octanol–water partition coefficient (Wildman–Crippen LogP) is 1.94. The first-order chi connectivity index (χ1) is 14.0. The van der Waals surface area contributed by atoms with Gasteiger partial charge in [0, 0.05) is 29.1 Å². The number of carbonyl (C=O) groups is 2. The molecule has 2 aromatic carbocycles. The summed E-state index contributed by atoms with van der Waals surface area (Å²) in [6, 6.07) is 12.5. The van der Waals surface area contributed by atoms with E-state index >= 15 is 0 Å². The molecule has 0 bridgehead atoms. The van der Waals surface area contributed by atoms with Crippen molar-refractivity contribution >= 4 is 46.9 Å². The highest BCUT2D eigenvalue weighted by atomic mass is 16.2. The average molecular weight is 386 g/mol. The predicted molar refractivity (Wildman–Crippen MR) is 112 cm³/mol. The SMILES string of the molecule is NC(=O)c1ccc([N+]23C=CN=CC2=NC(Nc2ccc4c(c2)CC(=O)N4)=N3)cc1. The lowest BCUT2D eigenvalue weighted by Crippen LogP contribution is -2.44. The van der Waals surface area contributed by atoms with Crippen LogP contribution in [0.5, 0.6) is 0 Å². The van der Waals surface area contributed by atoms with E-state index in [-0.39, 0.29) is 10.5 Å². The van der Waals surface area contributed by atoms with Crippen molar-refractivity contribution in [3.8, 4) is 0 Å². The minimum Gasteiger partial charge on any atom is -0.366 e. The Hall–Kier alpha value is -4.11. The third kappa shape index (κ3) is 2.80. The fraction of sp³-hybridized carbons (Fsp3) is 0.0500. The van der Waals surface area contributed by atoms with Crippen LogP contribution in [0.4, 0.5) is 17.1 Å². The van der Waals surface area contributed by atoms with E-state index in [0.717, 1.165) is 22.6 Å². The number of amidine groups is 1. The maximum Gasteiger partial charge on any atom is 0.287 e. The van der Waals surface area contributed by atoms with E-state index < -0.39 is 5.91 Å². The second-order valence-corrected chi connectivity index (χ2v) is 6.79. The Labute approximate surface area is 165 Å². The van der Waals surface area contributed by atoms with Crippen LogP contribution in [0.15, 0.2) is 70.0 Å². The van der Waals surface area contributed by atoms with Crippen molar-refractivity contribution in [3.63, 3.8) is 0 Å². The monoisotopic (exact) mass is 386 g/mol. The van der Waals surface area contributed by atoms with Gasteiger partial charge >= 0.3 is 0 Å². The number of fused-ring (bicyclic) bond motifs is 2. The third-order valence-electron chi connectivity index (χ3n) is 4.91. The maximum atomic E-state index is 11.6. The van der Waals surface area contributed by atoms with Gasteiger partial charge in [0.25, 0.3) is 11.8 Å². The largest absolute Gasteiger partial charge is 0.366 e. The van der Waals surface area contributed by atoms with E-state index in [0.29, 0.717) is 23.8 Å². The highest BCUT2D eigenvalue weighted by molar-refractivity contribution is 6.38. The number of benzene rings is 2. The van der Waals surface area contributed by atoms with Crippen LogP contribution in [-0.2, 0) is 11.2 Å². The summed E-state index contributed by atoms with van der Waals surface area (Å²) in [5, 5.41) is 10.8. The lowest BCUT2D eigenvalue weighted by Gasteiger charge is -2.23. The fourth-order valence-electron chi connectivity index (χ4n) is 3.50. The van der Waals surface area contributed by atoms with E-state index in [4.69, 9.17) is 10.8 Å². The van der Waals surface area contributed by atoms with Gasteiger partial charge < -0.3 is 16.4 Å². The van der Waals surface area contributed by atoms with Crippen molar-refractivity contribution in [2.75, 3.05) is 10.6 Å². The molecule has 29 heavy (non-hydrogen) atoms. The summed E-state index contributed by atoms with van der Waals surface area (Å²) in [5.74, 6) is 0.519. The third-order valence-corrected chi connectivity index (χ3v) is 4.91. The number of quaternary nitrogens is 1. The highest BCUT2D eigenvalue weighted by Crippen LogP contribution is 2.32. The fourth-order valence-corrected chi connectivity index (χ4v) is 3.50. The first kappa shape index (κ1) is 17.0. The first-order valence-electron chi connectivity index (χ1n) is 8.93. The number of nitrogens with two attached hydrogens (primary N) is 1. The van der Waals surface area contributed by atoms with Gasteiger partial charge in [0.05, 0.1) is 12.6 Å². The van der Waals surface area contributed by atoms with E-state index in [2.05, 4.69) is 20.6 Å². The number of nitrogens with one attached hydrogen (secondary N) is 2. The van der Waals surface area contributed by atoms with Gasteiger partial charge in [-0.2, -0.15) is 4.99 Å². The normalized spacial score (nSPS) is 21.2. The molecule has 1 atom stereocenters. The Morgan fingerprint density at radius 1 is 1.17 bits per heavy atom. The number of aliphatic imine (C=N–C) groups is 2. The van der Waals surface area contributed by atoms with Gasteiger partial charge in [0.1, 0.15) is 6.21 Å². The number of primary amides is 1. The molecule has 0 saturated carbocycles. The molecule has 3 heterocycles. The Morgan fingerprint density at radius 3 is 2.79 bits per heavy atom. The molecule has 0 aromatic heterocycles. The van der Waals surface area contributed by atoms with Crippen LogP contribution in [0.3, 0.4) is 0 Å². The Kier molecular flexibility index (Phi) is 3.65. The summed E-state index contributed by atoms with van der Waals surface area (Å²) < 4.78 is -0.00411. The average Bonchev–Trinajstić information content (AvgIpc) is 3.27. The van der Waals surface area contributed by atoms with Crippen LogP contribution in [0.25, 0.3) is 0 Å². The van der Waals surface area contributed by atoms with Gasteiger partial charge in [0.15, 0.2) is 11.9 Å². The number of anilines is 2. The molecule has 142 valence electrons. The Bertz CT molecular complexity index is 1180. The van der Waals surface area contributed by atoms with E-state index in [1.54, 1.807) is 42.9 Å². The van der Waals surface area contributed by atoms with Crippen LogP contribution >= 0.6 is 0 Å². The van der Waals surface area contributed by atoms with Crippen LogP contribution in [0, 0.1) is 0 Å². The first-order valence-corrected chi connectivity index (χ1v) is 8.93. The molecular weight excluding hydrogens is 370 g/mol. The number of hydrogen-bond acceptors (Lipinski definition) is 6. The van der Waals surface area contributed by atoms with Crippen LogP contribution in [-0.4, -0.2) is 29.8 Å². The summed E-state index contributed by atoms with van der Waals surface area (Å²) in [6.07, 6.45) is 5.46. The number of guanidine groups is 1. The van der Waals surface area contributed by atoms with Crippen molar-refractivity contribution in [2.45, 2.75) is 6.42 Å². The molecule has 3 aliphatic rings. The standard InChI is InChI=1S/C20H15N7O2/c21-19(29)12-1-4-15(5-2-12)27-8-7-22-11-17(27)25-20(26-27)23-14-3-6-16-13(9-14)10-18(28)24-16/h1-9,11H,10H2,(H3-,21,22,23,24,25,26,28,29)/p+1. The zero-order valence-corrected chi connectivity index (χ0v) is 15.2. The van der Waals surface area contributed by atoms with Crippen molar-refractivity contribution in [1.82, 2.24) is 4.59 Å². The highest BCUT2D eigenvalue weighted by Gasteiger charge is 2.42. The molecule has 0 spiro atoms. The van der Waals surface area contributed by atoms with E-state index in [1.165, 1.54) is 0 Å². The van der Waals surface area contributed by atoms with Gasteiger partial charge in [-0.1, -0.05) is 4.59 Å². The summed E-state index contributed by atoms with van der Waals surface area (Å²) in [6.45, 7) is 0. The van der Waals surface area contributed by atoms with Crippen molar-refractivity contribution in [1.29, 1.82) is 0 Å². The van der Waals surface area contributed by atoms with Gasteiger partial charge in [-0.15, -0.1) is 0 Å². The van der Waals surface area contributed by atoms with Crippen molar-refractivity contribution in [3.05, 3.63) is 66.0 Å². The van der Waals surface area contributed by atoms with Gasteiger partial charge in [0.2, 0.25) is 11.8 Å². The zero-order chi connectivity index (χ0) is 20.0. The number of nitrogens with zero attached hydrogens (tertiary/aromatic N) is 4. The quantitative estimate of drug-likeness (QED) is 0.699. The number of hydrogen-bond donors (Lipinski definition) is 3. The molecule has 0 radical (unpaired) electrons. The van der Waals surface area contributed by atoms with Crippen LogP contribution < -0.4 is 21.0 Å². The molecule has 1 unspecified atom stereocenters. The molecule has 9 nitrogen and oxygen atoms in total. The Morgan fingerprint density at radius 2 is 2.00 bits per heavy atom. The van der Waals surface area contributed by atoms with Crippen molar-refractivity contribution < 1.29 is 9.59 Å². The second kappa shape index (κ2) is 6.21. The summed E-state index contributed by atoms with van der Waals surface area (Å²) in [7, 11) is 0.